The minimum absolute atomic E-state index is 0. The topological polar surface area (TPSA) is 0 Å². The van der Waals surface area contributed by atoms with Crippen LogP contribution in [0.15, 0.2) is 48.6 Å². The Labute approximate surface area is 229 Å². The fourth-order valence-corrected chi connectivity index (χ4v) is 15.9. The first-order chi connectivity index (χ1) is 14.5. The van der Waals surface area contributed by atoms with E-state index in [4.69, 9.17) is 0 Å². The molecule has 0 nitrogen and oxygen atoms in total. The maximum absolute atomic E-state index is 2.72. The molecule has 0 bridgehead atoms. The molecule has 3 heteroatoms. The van der Waals surface area contributed by atoms with Crippen LogP contribution in [0.5, 0.6) is 0 Å². The molecule has 0 aromatic carbocycles. The SMILES string of the molecule is CC(C)(C)C1([C]2([Zr+2][C]3(C4(C(C)(C)C)CCCCC4)C=CC=C3)C=CC=C2)CCCCC1.[Cl-].[Cl-]. The van der Waals surface area contributed by atoms with E-state index < -0.39 is 23.2 Å². The molecule has 4 aliphatic carbocycles. The summed E-state index contributed by atoms with van der Waals surface area (Å²) in [5, 5.41) is 0. The molecule has 2 fully saturated rings. The Morgan fingerprint density at radius 2 is 0.758 bits per heavy atom. The van der Waals surface area contributed by atoms with Crippen molar-refractivity contribution in [1.29, 1.82) is 0 Å². The van der Waals surface area contributed by atoms with Crippen molar-refractivity contribution >= 4 is 0 Å². The summed E-state index contributed by atoms with van der Waals surface area (Å²) in [7, 11) is 0. The van der Waals surface area contributed by atoms with Crippen LogP contribution in [0.25, 0.3) is 0 Å². The molecular formula is C30H46Cl2Zr. The van der Waals surface area contributed by atoms with Gasteiger partial charge < -0.3 is 24.8 Å². The van der Waals surface area contributed by atoms with Crippen LogP contribution in [0.1, 0.15) is 106 Å². The Kier molecular flexibility index (Phi) is 9.37. The van der Waals surface area contributed by atoms with Crippen molar-refractivity contribution in [1.82, 2.24) is 0 Å². The summed E-state index contributed by atoms with van der Waals surface area (Å²) in [6.07, 6.45) is 34.8. The van der Waals surface area contributed by atoms with Gasteiger partial charge in [-0.15, -0.1) is 0 Å². The van der Waals surface area contributed by atoms with Crippen molar-refractivity contribution in [3.8, 4) is 0 Å². The van der Waals surface area contributed by atoms with Gasteiger partial charge in [0, 0.05) is 0 Å². The van der Waals surface area contributed by atoms with Gasteiger partial charge in [-0.05, 0) is 0 Å². The normalized spacial score (nSPS) is 26.4. The third-order valence-corrected chi connectivity index (χ3v) is 16.0. The second kappa shape index (κ2) is 10.4. The first-order valence-corrected chi connectivity index (χ1v) is 15.5. The van der Waals surface area contributed by atoms with Crippen LogP contribution in [0.4, 0.5) is 0 Å². The molecule has 2 saturated carbocycles. The van der Waals surface area contributed by atoms with Gasteiger partial charge in [0.05, 0.1) is 0 Å². The second-order valence-electron chi connectivity index (χ2n) is 13.1. The summed E-state index contributed by atoms with van der Waals surface area (Å²) in [4.78, 5) is 0. The van der Waals surface area contributed by atoms with Crippen molar-refractivity contribution in [3.05, 3.63) is 48.6 Å². The molecule has 4 rings (SSSR count). The maximum atomic E-state index is 2.72. The van der Waals surface area contributed by atoms with E-state index in [2.05, 4.69) is 90.2 Å². The monoisotopic (exact) mass is 566 g/mol. The number of hydrogen-bond acceptors (Lipinski definition) is 0. The van der Waals surface area contributed by atoms with Crippen LogP contribution in [-0.2, 0) is 23.2 Å². The fraction of sp³-hybridized carbons (Fsp3) is 0.733. The van der Waals surface area contributed by atoms with Crippen molar-refractivity contribution in [2.24, 2.45) is 21.7 Å². The van der Waals surface area contributed by atoms with Crippen molar-refractivity contribution in [2.45, 2.75) is 112 Å². The van der Waals surface area contributed by atoms with Gasteiger partial charge in [-0.1, -0.05) is 0 Å². The van der Waals surface area contributed by atoms with Crippen LogP contribution in [-0.4, -0.2) is 0 Å². The van der Waals surface area contributed by atoms with E-state index in [0.29, 0.717) is 27.9 Å². The smallest absolute Gasteiger partial charge is 1.00 e. The summed E-state index contributed by atoms with van der Waals surface area (Å²) >= 11 is -0.964. The number of halogens is 2. The van der Waals surface area contributed by atoms with Crippen LogP contribution in [0, 0.1) is 21.7 Å². The molecule has 0 aliphatic heterocycles. The van der Waals surface area contributed by atoms with E-state index in [-0.39, 0.29) is 24.8 Å². The first kappa shape index (κ1) is 29.7. The molecular weight excluding hydrogens is 522 g/mol. The van der Waals surface area contributed by atoms with Gasteiger partial charge in [-0.25, -0.2) is 0 Å². The Morgan fingerprint density at radius 3 is 1.00 bits per heavy atom. The standard InChI is InChI=1S/2C15H23.2ClH.Zr/c2*1-14(2,3)15(11-7-4-8-12-15)13-9-5-6-10-13;;;/h2*5-6,9-10H,4,7-8,11-12H2,1-3H3;2*1H;/q;;;;+2/p-2. The molecule has 0 radical (unpaired) electrons. The average molecular weight is 569 g/mol. The minimum atomic E-state index is -0.964. The first-order valence-electron chi connectivity index (χ1n) is 13.1. The summed E-state index contributed by atoms with van der Waals surface area (Å²) in [6, 6.07) is 0. The van der Waals surface area contributed by atoms with Gasteiger partial charge in [0.25, 0.3) is 0 Å². The zero-order chi connectivity index (χ0) is 22.4. The largest absolute Gasteiger partial charge is 1.00 e. The molecule has 0 unspecified atom stereocenters. The van der Waals surface area contributed by atoms with E-state index in [9.17, 15) is 0 Å². The molecule has 0 aromatic rings. The van der Waals surface area contributed by atoms with Gasteiger partial charge in [0.15, 0.2) is 0 Å². The van der Waals surface area contributed by atoms with E-state index in [1.807, 2.05) is 0 Å². The van der Waals surface area contributed by atoms with Gasteiger partial charge in [0.2, 0.25) is 0 Å². The Morgan fingerprint density at radius 1 is 0.485 bits per heavy atom. The summed E-state index contributed by atoms with van der Waals surface area (Å²) < 4.78 is 0.646. The zero-order valence-corrected chi connectivity index (χ0v) is 25.9. The molecule has 0 saturated heterocycles. The number of hydrogen-bond donors (Lipinski definition) is 0. The average Bonchev–Trinajstić information content (AvgIpc) is 3.39. The minimum Gasteiger partial charge on any atom is -1.00 e. The van der Waals surface area contributed by atoms with E-state index in [1.165, 1.54) is 64.2 Å². The van der Waals surface area contributed by atoms with Gasteiger partial charge in [-0.2, -0.15) is 0 Å². The summed E-state index contributed by atoms with van der Waals surface area (Å²) in [5.74, 6) is 0. The van der Waals surface area contributed by atoms with Gasteiger partial charge >= 0.3 is 205 Å². The number of allylic oxidation sites excluding steroid dienone is 8. The van der Waals surface area contributed by atoms with Gasteiger partial charge in [-0.3, -0.25) is 0 Å². The Balaban J connectivity index is 0.00000193. The van der Waals surface area contributed by atoms with Crippen LogP contribution in [0.2, 0.25) is 6.25 Å². The zero-order valence-electron chi connectivity index (χ0n) is 21.9. The Hall–Kier alpha value is 0.423. The molecule has 0 spiro atoms. The van der Waals surface area contributed by atoms with Gasteiger partial charge in [0.1, 0.15) is 0 Å². The second-order valence-corrected chi connectivity index (χ2v) is 17.8. The predicted octanol–water partition coefficient (Wildman–Crippen LogP) is 3.64. The van der Waals surface area contributed by atoms with Crippen LogP contribution < -0.4 is 24.8 Å². The van der Waals surface area contributed by atoms with E-state index in [1.54, 1.807) is 0 Å². The third-order valence-electron chi connectivity index (χ3n) is 9.94. The molecule has 4 aliphatic rings. The maximum Gasteiger partial charge on any atom is -1.00 e. The molecule has 0 aromatic heterocycles. The summed E-state index contributed by atoms with van der Waals surface area (Å²) in [5.41, 5.74) is 1.50. The summed E-state index contributed by atoms with van der Waals surface area (Å²) in [6.45, 7) is 15.4. The van der Waals surface area contributed by atoms with Crippen molar-refractivity contribution in [2.75, 3.05) is 0 Å². The third kappa shape index (κ3) is 4.64. The fourth-order valence-electron chi connectivity index (χ4n) is 8.21. The van der Waals surface area contributed by atoms with Crippen LogP contribution >= 0.6 is 0 Å². The van der Waals surface area contributed by atoms with Crippen molar-refractivity contribution < 1.29 is 48.0 Å². The van der Waals surface area contributed by atoms with Crippen LogP contribution in [0.3, 0.4) is 0 Å². The Bertz CT molecular complexity index is 685. The molecule has 0 atom stereocenters. The van der Waals surface area contributed by atoms with E-state index >= 15 is 0 Å². The van der Waals surface area contributed by atoms with E-state index in [0.717, 1.165) is 0 Å². The van der Waals surface area contributed by atoms with Crippen molar-refractivity contribution in [3.63, 3.8) is 0 Å². The molecule has 33 heavy (non-hydrogen) atoms. The molecule has 0 N–H and O–H groups in total. The quantitative estimate of drug-likeness (QED) is 0.486. The molecule has 0 amide bonds. The number of rotatable bonds is 4. The predicted molar refractivity (Wildman–Crippen MR) is 132 cm³/mol. The molecule has 0 heterocycles. The molecule has 184 valence electrons.